The molecule has 4 heteroatoms. The van der Waals surface area contributed by atoms with Crippen LogP contribution in [-0.4, -0.2) is 30.4 Å². The van der Waals surface area contributed by atoms with E-state index in [0.29, 0.717) is 0 Å². The molecule has 0 radical (unpaired) electrons. The molecule has 0 aromatic carbocycles. The molecule has 1 aromatic heterocycles. The highest BCUT2D eigenvalue weighted by Crippen LogP contribution is 2.28. The van der Waals surface area contributed by atoms with Crippen molar-refractivity contribution in [2.24, 2.45) is 0 Å². The van der Waals surface area contributed by atoms with Gasteiger partial charge >= 0.3 is 0 Å². The van der Waals surface area contributed by atoms with Crippen LogP contribution < -0.4 is 5.32 Å². The highest BCUT2D eigenvalue weighted by atomic mass is 16.3. The summed E-state index contributed by atoms with van der Waals surface area (Å²) < 4.78 is 5.49. The molecule has 1 amide bonds. The van der Waals surface area contributed by atoms with E-state index in [-0.39, 0.29) is 18.0 Å². The van der Waals surface area contributed by atoms with E-state index in [1.807, 2.05) is 18.0 Å². The van der Waals surface area contributed by atoms with Crippen molar-refractivity contribution in [1.29, 1.82) is 0 Å². The molecule has 1 aliphatic carbocycles. The third kappa shape index (κ3) is 1.77. The lowest BCUT2D eigenvalue weighted by Gasteiger charge is -2.28. The number of likely N-dealkylation sites (N-methyl/N-ethyl adjacent to an activating group) is 1. The van der Waals surface area contributed by atoms with Crippen LogP contribution in [-0.2, 0) is 11.2 Å². The monoisotopic (exact) mass is 246 g/mol. The van der Waals surface area contributed by atoms with E-state index < -0.39 is 0 Å². The maximum atomic E-state index is 12.6. The number of furan rings is 1. The fourth-order valence-corrected chi connectivity index (χ4v) is 2.90. The first-order chi connectivity index (χ1) is 8.81. The van der Waals surface area contributed by atoms with Crippen molar-refractivity contribution in [2.45, 2.75) is 31.3 Å². The number of rotatable bonds is 2. The average molecular weight is 246 g/mol. The summed E-state index contributed by atoms with van der Waals surface area (Å²) in [4.78, 5) is 14.6. The molecule has 1 aliphatic heterocycles. The first-order valence-electron chi connectivity index (χ1n) is 6.52. The Morgan fingerprint density at radius 1 is 1.50 bits per heavy atom. The summed E-state index contributed by atoms with van der Waals surface area (Å²) >= 11 is 0. The molecule has 0 saturated heterocycles. The summed E-state index contributed by atoms with van der Waals surface area (Å²) in [6.07, 6.45) is 8.98. The first-order valence-corrected chi connectivity index (χ1v) is 6.52. The molecule has 2 atom stereocenters. The van der Waals surface area contributed by atoms with Gasteiger partial charge in [-0.05, 0) is 37.9 Å². The summed E-state index contributed by atoms with van der Waals surface area (Å²) in [6.45, 7) is 0.776. The molecule has 0 fully saturated rings. The SMILES string of the molecule is CNC1C(=O)N(C2C=CCC2)CCc2ccoc21. The van der Waals surface area contributed by atoms with Gasteiger partial charge < -0.3 is 14.6 Å². The quantitative estimate of drug-likeness (QED) is 0.807. The predicted octanol–water partition coefficient (Wildman–Crippen LogP) is 1.64. The molecule has 2 unspecified atom stereocenters. The van der Waals surface area contributed by atoms with Crippen LogP contribution in [0.5, 0.6) is 0 Å². The van der Waals surface area contributed by atoms with E-state index in [1.165, 1.54) is 0 Å². The molecule has 1 aromatic rings. The van der Waals surface area contributed by atoms with Crippen molar-refractivity contribution in [2.75, 3.05) is 13.6 Å². The van der Waals surface area contributed by atoms with Gasteiger partial charge in [-0.25, -0.2) is 0 Å². The van der Waals surface area contributed by atoms with Crippen molar-refractivity contribution < 1.29 is 9.21 Å². The standard InChI is InChI=1S/C14H18N2O2/c1-15-12-13-10(7-9-18-13)6-8-16(14(12)17)11-4-2-3-5-11/h2,4,7,9,11-12,15H,3,5-6,8H2,1H3. The molecular weight excluding hydrogens is 228 g/mol. The Morgan fingerprint density at radius 3 is 3.11 bits per heavy atom. The topological polar surface area (TPSA) is 45.5 Å². The Kier molecular flexibility index (Phi) is 2.96. The zero-order valence-electron chi connectivity index (χ0n) is 10.6. The highest BCUT2D eigenvalue weighted by molar-refractivity contribution is 5.84. The zero-order valence-corrected chi connectivity index (χ0v) is 10.6. The van der Waals surface area contributed by atoms with E-state index in [0.717, 1.165) is 37.1 Å². The van der Waals surface area contributed by atoms with Crippen LogP contribution in [0.4, 0.5) is 0 Å². The molecule has 0 saturated carbocycles. The second kappa shape index (κ2) is 4.61. The number of nitrogens with one attached hydrogen (secondary N) is 1. The Bertz CT molecular complexity index is 478. The van der Waals surface area contributed by atoms with Crippen molar-refractivity contribution in [3.05, 3.63) is 35.8 Å². The molecule has 0 bridgehead atoms. The molecule has 3 rings (SSSR count). The maximum Gasteiger partial charge on any atom is 0.248 e. The van der Waals surface area contributed by atoms with Gasteiger partial charge in [-0.15, -0.1) is 0 Å². The van der Waals surface area contributed by atoms with Gasteiger partial charge in [0.05, 0.1) is 12.3 Å². The maximum absolute atomic E-state index is 12.6. The average Bonchev–Trinajstić information content (AvgIpc) is 3.01. The Labute approximate surface area is 107 Å². The number of nitrogens with zero attached hydrogens (tertiary/aromatic N) is 1. The second-order valence-corrected chi connectivity index (χ2v) is 4.89. The predicted molar refractivity (Wildman–Crippen MR) is 68.1 cm³/mol. The van der Waals surface area contributed by atoms with E-state index in [4.69, 9.17) is 4.42 Å². The van der Waals surface area contributed by atoms with Crippen LogP contribution in [0.15, 0.2) is 28.9 Å². The minimum Gasteiger partial charge on any atom is -0.467 e. The smallest absolute Gasteiger partial charge is 0.248 e. The molecule has 18 heavy (non-hydrogen) atoms. The summed E-state index contributed by atoms with van der Waals surface area (Å²) in [5.41, 5.74) is 1.15. The van der Waals surface area contributed by atoms with Crippen LogP contribution in [0.25, 0.3) is 0 Å². The minimum atomic E-state index is -0.341. The normalized spacial score (nSPS) is 27.4. The highest BCUT2D eigenvalue weighted by Gasteiger charge is 2.35. The number of hydrogen-bond donors (Lipinski definition) is 1. The van der Waals surface area contributed by atoms with Crippen molar-refractivity contribution in [1.82, 2.24) is 10.2 Å². The fourth-order valence-electron chi connectivity index (χ4n) is 2.90. The summed E-state index contributed by atoms with van der Waals surface area (Å²) in [5, 5.41) is 3.08. The van der Waals surface area contributed by atoms with Crippen molar-refractivity contribution in [3.8, 4) is 0 Å². The third-order valence-corrected chi connectivity index (χ3v) is 3.87. The molecular formula is C14H18N2O2. The lowest BCUT2D eigenvalue weighted by atomic mass is 10.1. The minimum absolute atomic E-state index is 0.128. The van der Waals surface area contributed by atoms with Gasteiger partial charge in [0.1, 0.15) is 11.8 Å². The number of hydrogen-bond acceptors (Lipinski definition) is 3. The Balaban J connectivity index is 1.91. The number of carbonyl (C=O) groups excluding carboxylic acids is 1. The largest absolute Gasteiger partial charge is 0.467 e. The third-order valence-electron chi connectivity index (χ3n) is 3.87. The van der Waals surface area contributed by atoms with Crippen LogP contribution >= 0.6 is 0 Å². The van der Waals surface area contributed by atoms with E-state index in [2.05, 4.69) is 17.5 Å². The van der Waals surface area contributed by atoms with Gasteiger partial charge in [-0.1, -0.05) is 12.2 Å². The van der Waals surface area contributed by atoms with Gasteiger partial charge in [0.25, 0.3) is 0 Å². The number of allylic oxidation sites excluding steroid dienone is 1. The summed E-state index contributed by atoms with van der Waals surface area (Å²) in [6, 6.07) is 1.89. The van der Waals surface area contributed by atoms with Crippen LogP contribution in [0.2, 0.25) is 0 Å². The van der Waals surface area contributed by atoms with Crippen molar-refractivity contribution >= 4 is 5.91 Å². The molecule has 0 spiro atoms. The lowest BCUT2D eigenvalue weighted by Crippen LogP contribution is -2.43. The molecule has 96 valence electrons. The first kappa shape index (κ1) is 11.5. The summed E-state index contributed by atoms with van der Waals surface area (Å²) in [7, 11) is 1.81. The van der Waals surface area contributed by atoms with E-state index in [9.17, 15) is 4.79 Å². The molecule has 4 nitrogen and oxygen atoms in total. The van der Waals surface area contributed by atoms with Gasteiger partial charge in [0.2, 0.25) is 5.91 Å². The van der Waals surface area contributed by atoms with Crippen molar-refractivity contribution in [3.63, 3.8) is 0 Å². The zero-order chi connectivity index (χ0) is 12.5. The van der Waals surface area contributed by atoms with Gasteiger partial charge in [-0.3, -0.25) is 4.79 Å². The summed E-state index contributed by atoms with van der Waals surface area (Å²) in [5.74, 6) is 0.912. The molecule has 2 aliphatic rings. The van der Waals surface area contributed by atoms with E-state index >= 15 is 0 Å². The van der Waals surface area contributed by atoms with Crippen LogP contribution in [0.1, 0.15) is 30.2 Å². The number of carbonyl (C=O) groups is 1. The number of amides is 1. The second-order valence-electron chi connectivity index (χ2n) is 4.89. The van der Waals surface area contributed by atoms with Crippen LogP contribution in [0.3, 0.4) is 0 Å². The Morgan fingerprint density at radius 2 is 2.39 bits per heavy atom. The lowest BCUT2D eigenvalue weighted by molar-refractivity contribution is -0.135. The van der Waals surface area contributed by atoms with E-state index in [1.54, 1.807) is 6.26 Å². The number of fused-ring (bicyclic) bond motifs is 1. The van der Waals surface area contributed by atoms with Crippen LogP contribution in [0, 0.1) is 0 Å². The van der Waals surface area contributed by atoms with Gasteiger partial charge in [0.15, 0.2) is 0 Å². The van der Waals surface area contributed by atoms with Gasteiger partial charge in [0, 0.05) is 6.54 Å². The Hall–Kier alpha value is -1.55. The van der Waals surface area contributed by atoms with Gasteiger partial charge in [-0.2, -0.15) is 0 Å². The molecule has 2 heterocycles. The molecule has 1 N–H and O–H groups in total. The fraction of sp³-hybridized carbons (Fsp3) is 0.500.